The minimum Gasteiger partial charge on any atom is -0.309 e. The third-order valence-corrected chi connectivity index (χ3v) is 4.00. The normalized spacial score (nSPS) is 12.6. The molecule has 1 atom stereocenters. The monoisotopic (exact) mass is 286 g/mol. The van der Waals surface area contributed by atoms with Crippen LogP contribution in [0.25, 0.3) is 0 Å². The number of hydrogen-bond donors (Lipinski definition) is 1. The molecule has 2 rings (SSSR count). The second-order valence-corrected chi connectivity index (χ2v) is 5.53. The zero-order chi connectivity index (χ0) is 15.2. The Morgan fingerprint density at radius 1 is 1.24 bits per heavy atom. The fraction of sp³-hybridized carbons (Fsp3) is 0.529. The van der Waals surface area contributed by atoms with Gasteiger partial charge in [-0.3, -0.25) is 9.67 Å². The van der Waals surface area contributed by atoms with Crippen molar-refractivity contribution in [2.75, 3.05) is 6.54 Å². The van der Waals surface area contributed by atoms with Crippen molar-refractivity contribution in [3.63, 3.8) is 0 Å². The van der Waals surface area contributed by atoms with E-state index in [-0.39, 0.29) is 6.04 Å². The molecule has 0 aromatic carbocycles. The molecule has 4 heteroatoms. The third kappa shape index (κ3) is 3.91. The van der Waals surface area contributed by atoms with E-state index in [1.54, 1.807) is 0 Å². The maximum absolute atomic E-state index is 4.59. The Morgan fingerprint density at radius 2 is 2.05 bits per heavy atom. The van der Waals surface area contributed by atoms with Crippen LogP contribution in [0.5, 0.6) is 0 Å². The molecular weight excluding hydrogens is 260 g/mol. The van der Waals surface area contributed by atoms with Crippen LogP contribution in [0.15, 0.2) is 24.5 Å². The second-order valence-electron chi connectivity index (χ2n) is 5.53. The van der Waals surface area contributed by atoms with Gasteiger partial charge in [0.05, 0.1) is 6.20 Å². The molecule has 0 aliphatic rings. The number of rotatable bonds is 7. The SMILES string of the molecule is CCCNC(Cc1ccc(CC)cn1)c1cnn(C)c1C. The number of aromatic nitrogens is 3. The van der Waals surface area contributed by atoms with Crippen LogP contribution in [-0.2, 0) is 19.9 Å². The third-order valence-electron chi connectivity index (χ3n) is 4.00. The van der Waals surface area contributed by atoms with Gasteiger partial charge in [0.15, 0.2) is 0 Å². The first-order chi connectivity index (χ1) is 10.2. The van der Waals surface area contributed by atoms with Gasteiger partial charge in [-0.1, -0.05) is 19.9 Å². The molecule has 0 amide bonds. The standard InChI is InChI=1S/C17H26N4/c1-5-9-18-17(16-12-20-21(4)13(16)3)10-15-8-7-14(6-2)11-19-15/h7-8,11-12,17-18H,5-6,9-10H2,1-4H3. The molecule has 0 fully saturated rings. The van der Waals surface area contributed by atoms with Gasteiger partial charge < -0.3 is 5.32 Å². The summed E-state index contributed by atoms with van der Waals surface area (Å²) in [4.78, 5) is 4.59. The fourth-order valence-corrected chi connectivity index (χ4v) is 2.46. The summed E-state index contributed by atoms with van der Waals surface area (Å²) in [6, 6.07) is 4.60. The van der Waals surface area contributed by atoms with Crippen molar-refractivity contribution in [1.82, 2.24) is 20.1 Å². The first-order valence-corrected chi connectivity index (χ1v) is 7.81. The predicted molar refractivity (Wildman–Crippen MR) is 86.3 cm³/mol. The van der Waals surface area contributed by atoms with E-state index in [1.807, 2.05) is 24.1 Å². The van der Waals surface area contributed by atoms with E-state index in [1.165, 1.54) is 16.8 Å². The molecule has 2 aromatic heterocycles. The molecule has 0 saturated heterocycles. The number of pyridine rings is 1. The van der Waals surface area contributed by atoms with Crippen LogP contribution in [0, 0.1) is 6.92 Å². The van der Waals surface area contributed by atoms with E-state index in [9.17, 15) is 0 Å². The van der Waals surface area contributed by atoms with Gasteiger partial charge in [-0.15, -0.1) is 0 Å². The van der Waals surface area contributed by atoms with Crippen molar-refractivity contribution >= 4 is 0 Å². The summed E-state index contributed by atoms with van der Waals surface area (Å²) >= 11 is 0. The van der Waals surface area contributed by atoms with E-state index in [4.69, 9.17) is 0 Å². The summed E-state index contributed by atoms with van der Waals surface area (Å²) in [7, 11) is 1.99. The molecule has 0 bridgehead atoms. The lowest BCUT2D eigenvalue weighted by Gasteiger charge is -2.18. The Hall–Kier alpha value is -1.68. The Morgan fingerprint density at radius 3 is 2.57 bits per heavy atom. The van der Waals surface area contributed by atoms with Crippen molar-refractivity contribution in [2.24, 2.45) is 7.05 Å². The average Bonchev–Trinajstić information content (AvgIpc) is 2.84. The van der Waals surface area contributed by atoms with E-state index in [0.29, 0.717) is 0 Å². The largest absolute Gasteiger partial charge is 0.309 e. The first kappa shape index (κ1) is 15.7. The molecule has 2 aromatic rings. The Bertz CT molecular complexity index is 557. The predicted octanol–water partition coefficient (Wildman–Crippen LogP) is 2.97. The van der Waals surface area contributed by atoms with E-state index in [0.717, 1.165) is 31.5 Å². The summed E-state index contributed by atoms with van der Waals surface area (Å²) in [5.74, 6) is 0. The highest BCUT2D eigenvalue weighted by Crippen LogP contribution is 2.20. The maximum Gasteiger partial charge on any atom is 0.0540 e. The van der Waals surface area contributed by atoms with Crippen LogP contribution in [-0.4, -0.2) is 21.3 Å². The van der Waals surface area contributed by atoms with Gasteiger partial charge in [0, 0.05) is 42.7 Å². The Labute approximate surface area is 127 Å². The van der Waals surface area contributed by atoms with Crippen LogP contribution in [0.2, 0.25) is 0 Å². The lowest BCUT2D eigenvalue weighted by molar-refractivity contribution is 0.521. The second kappa shape index (κ2) is 7.36. The van der Waals surface area contributed by atoms with Crippen molar-refractivity contribution in [1.29, 1.82) is 0 Å². The zero-order valence-electron chi connectivity index (χ0n) is 13.6. The van der Waals surface area contributed by atoms with Gasteiger partial charge in [-0.05, 0) is 37.9 Å². The highest BCUT2D eigenvalue weighted by molar-refractivity contribution is 5.23. The number of nitrogens with one attached hydrogen (secondary N) is 1. The molecule has 0 saturated carbocycles. The van der Waals surface area contributed by atoms with Gasteiger partial charge in [0.1, 0.15) is 0 Å². The lowest BCUT2D eigenvalue weighted by Crippen LogP contribution is -2.25. The summed E-state index contributed by atoms with van der Waals surface area (Å²) in [5.41, 5.74) is 4.90. The quantitative estimate of drug-likeness (QED) is 0.851. The van der Waals surface area contributed by atoms with Gasteiger partial charge >= 0.3 is 0 Å². The smallest absolute Gasteiger partial charge is 0.0540 e. The van der Waals surface area contributed by atoms with E-state index in [2.05, 4.69) is 48.3 Å². The van der Waals surface area contributed by atoms with Gasteiger partial charge in [0.25, 0.3) is 0 Å². The first-order valence-electron chi connectivity index (χ1n) is 7.81. The molecule has 2 heterocycles. The van der Waals surface area contributed by atoms with Gasteiger partial charge in [0.2, 0.25) is 0 Å². The molecule has 4 nitrogen and oxygen atoms in total. The number of nitrogens with zero attached hydrogens (tertiary/aromatic N) is 3. The highest BCUT2D eigenvalue weighted by Gasteiger charge is 2.17. The molecule has 0 aliphatic carbocycles. The molecule has 1 N–H and O–H groups in total. The molecule has 21 heavy (non-hydrogen) atoms. The van der Waals surface area contributed by atoms with Crippen LogP contribution < -0.4 is 5.32 Å². The molecule has 1 unspecified atom stereocenters. The maximum atomic E-state index is 4.59. The lowest BCUT2D eigenvalue weighted by atomic mass is 10.0. The van der Waals surface area contributed by atoms with Gasteiger partial charge in [-0.25, -0.2) is 0 Å². The van der Waals surface area contributed by atoms with Crippen molar-refractivity contribution in [3.8, 4) is 0 Å². The number of hydrogen-bond acceptors (Lipinski definition) is 3. The molecule has 0 spiro atoms. The summed E-state index contributed by atoms with van der Waals surface area (Å²) < 4.78 is 1.93. The number of aryl methyl sites for hydroxylation is 2. The topological polar surface area (TPSA) is 42.7 Å². The molecular formula is C17H26N4. The molecule has 114 valence electrons. The van der Waals surface area contributed by atoms with Crippen LogP contribution in [0.3, 0.4) is 0 Å². The zero-order valence-corrected chi connectivity index (χ0v) is 13.6. The summed E-state index contributed by atoms with van der Waals surface area (Å²) in [6.07, 6.45) is 7.02. The van der Waals surface area contributed by atoms with E-state index >= 15 is 0 Å². The average molecular weight is 286 g/mol. The Kier molecular flexibility index (Phi) is 5.51. The Balaban J connectivity index is 2.17. The van der Waals surface area contributed by atoms with Crippen LogP contribution >= 0.6 is 0 Å². The van der Waals surface area contributed by atoms with Crippen molar-refractivity contribution in [2.45, 2.75) is 46.1 Å². The fourth-order valence-electron chi connectivity index (χ4n) is 2.46. The van der Waals surface area contributed by atoms with Gasteiger partial charge in [-0.2, -0.15) is 5.10 Å². The van der Waals surface area contributed by atoms with Crippen molar-refractivity contribution in [3.05, 3.63) is 47.0 Å². The van der Waals surface area contributed by atoms with E-state index < -0.39 is 0 Å². The van der Waals surface area contributed by atoms with Crippen molar-refractivity contribution < 1.29 is 0 Å². The molecule has 0 aliphatic heterocycles. The highest BCUT2D eigenvalue weighted by atomic mass is 15.3. The molecule has 0 radical (unpaired) electrons. The minimum absolute atomic E-state index is 0.277. The summed E-state index contributed by atoms with van der Waals surface area (Å²) in [6.45, 7) is 7.47. The minimum atomic E-state index is 0.277. The van der Waals surface area contributed by atoms with Crippen LogP contribution in [0.1, 0.15) is 48.8 Å². The summed E-state index contributed by atoms with van der Waals surface area (Å²) in [5, 5.41) is 7.99. The van der Waals surface area contributed by atoms with Crippen LogP contribution in [0.4, 0.5) is 0 Å².